The van der Waals surface area contributed by atoms with Crippen LogP contribution in [0.15, 0.2) is 65.4 Å². The van der Waals surface area contributed by atoms with Crippen LogP contribution in [-0.4, -0.2) is 10.9 Å². The van der Waals surface area contributed by atoms with Crippen molar-refractivity contribution in [1.82, 2.24) is 4.98 Å². The third kappa shape index (κ3) is 4.21. The maximum atomic E-state index is 13.0. The molecule has 8 heteroatoms. The van der Waals surface area contributed by atoms with Gasteiger partial charge in [-0.2, -0.15) is 13.2 Å². The highest BCUT2D eigenvalue weighted by Crippen LogP contribution is 2.34. The zero-order chi connectivity index (χ0) is 18.6. The van der Waals surface area contributed by atoms with E-state index in [4.69, 9.17) is 4.42 Å². The van der Waals surface area contributed by atoms with Crippen LogP contribution in [0.3, 0.4) is 0 Å². The molecule has 3 rings (SSSR count). The van der Waals surface area contributed by atoms with Crippen LogP contribution in [0.4, 0.5) is 24.5 Å². The molecule has 26 heavy (non-hydrogen) atoms. The van der Waals surface area contributed by atoms with E-state index in [1.165, 1.54) is 30.5 Å². The van der Waals surface area contributed by atoms with Gasteiger partial charge in [-0.1, -0.05) is 12.1 Å². The molecule has 2 aromatic heterocycles. The Morgan fingerprint density at radius 1 is 1.08 bits per heavy atom. The molecule has 0 aliphatic rings. The Kier molecular flexibility index (Phi) is 4.92. The molecule has 0 saturated carbocycles. The van der Waals surface area contributed by atoms with E-state index in [1.807, 2.05) is 0 Å². The van der Waals surface area contributed by atoms with Gasteiger partial charge in [0.1, 0.15) is 11.5 Å². The number of halogens is 3. The quantitative estimate of drug-likeness (QED) is 0.699. The molecule has 0 spiro atoms. The Hall–Kier alpha value is -3.29. The lowest BCUT2D eigenvalue weighted by atomic mass is 10.1. The predicted molar refractivity (Wildman–Crippen MR) is 89.7 cm³/mol. The molecule has 134 valence electrons. The summed E-state index contributed by atoms with van der Waals surface area (Å²) in [5.74, 6) is 0.00913. The summed E-state index contributed by atoms with van der Waals surface area (Å²) in [4.78, 5) is 16.2. The monoisotopic (exact) mass is 361 g/mol. The molecule has 1 amide bonds. The van der Waals surface area contributed by atoms with Crippen LogP contribution in [0.5, 0.6) is 0 Å². The van der Waals surface area contributed by atoms with E-state index in [1.54, 1.807) is 24.5 Å². The molecule has 0 bridgehead atoms. The molecule has 0 aliphatic heterocycles. The lowest BCUT2D eigenvalue weighted by molar-refractivity contribution is -0.136. The normalized spacial score (nSPS) is 11.2. The van der Waals surface area contributed by atoms with E-state index in [-0.39, 0.29) is 11.4 Å². The molecule has 0 atom stereocenters. The summed E-state index contributed by atoms with van der Waals surface area (Å²) >= 11 is 0. The van der Waals surface area contributed by atoms with Gasteiger partial charge in [0.05, 0.1) is 35.9 Å². The smallest absolute Gasteiger partial charge is 0.418 e. The van der Waals surface area contributed by atoms with E-state index >= 15 is 0 Å². The molecular weight excluding hydrogens is 347 g/mol. The number of hydrogen-bond donors (Lipinski definition) is 2. The number of anilines is 2. The number of para-hydroxylation sites is 1. The second-order valence-corrected chi connectivity index (χ2v) is 5.36. The number of carbonyl (C=O) groups excluding carboxylic acids is 1. The van der Waals surface area contributed by atoms with Crippen LogP contribution in [-0.2, 0) is 12.7 Å². The average molecular weight is 361 g/mol. The third-order valence-electron chi connectivity index (χ3n) is 3.52. The maximum Gasteiger partial charge on any atom is 0.418 e. The molecule has 1 aromatic carbocycles. The standard InChI is InChI=1S/C18H14F3N3O2/c19-18(20,21)14-5-1-2-6-15(14)24-17(25)16-8-7-12(10-23-16)22-11-13-4-3-9-26-13/h1-10,22H,11H2,(H,24,25). The minimum Gasteiger partial charge on any atom is -0.467 e. The molecule has 0 fully saturated rings. The van der Waals surface area contributed by atoms with Gasteiger partial charge >= 0.3 is 6.18 Å². The van der Waals surface area contributed by atoms with Gasteiger partial charge in [0.25, 0.3) is 5.91 Å². The largest absolute Gasteiger partial charge is 0.467 e. The molecule has 3 aromatic rings. The van der Waals surface area contributed by atoms with E-state index in [2.05, 4.69) is 15.6 Å². The highest BCUT2D eigenvalue weighted by atomic mass is 19.4. The number of nitrogens with zero attached hydrogens (tertiary/aromatic N) is 1. The molecule has 0 saturated heterocycles. The van der Waals surface area contributed by atoms with Crippen LogP contribution in [0.2, 0.25) is 0 Å². The number of pyridine rings is 1. The number of aromatic nitrogens is 1. The van der Waals surface area contributed by atoms with Crippen molar-refractivity contribution in [3.8, 4) is 0 Å². The van der Waals surface area contributed by atoms with Gasteiger partial charge in [-0.3, -0.25) is 4.79 Å². The minimum atomic E-state index is -4.56. The van der Waals surface area contributed by atoms with Crippen molar-refractivity contribution in [2.75, 3.05) is 10.6 Å². The number of benzene rings is 1. The SMILES string of the molecule is O=C(Nc1ccccc1C(F)(F)F)c1ccc(NCc2ccco2)cn1. The minimum absolute atomic E-state index is 0.00512. The van der Waals surface area contributed by atoms with Gasteiger partial charge in [0.15, 0.2) is 0 Å². The Morgan fingerprint density at radius 3 is 2.54 bits per heavy atom. The molecule has 0 aliphatic carbocycles. The van der Waals surface area contributed by atoms with Gasteiger partial charge in [-0.25, -0.2) is 4.98 Å². The average Bonchev–Trinajstić information content (AvgIpc) is 3.13. The summed E-state index contributed by atoms with van der Waals surface area (Å²) in [6, 6.07) is 11.4. The molecule has 2 heterocycles. The van der Waals surface area contributed by atoms with Crippen molar-refractivity contribution in [2.45, 2.75) is 12.7 Å². The molecule has 0 radical (unpaired) electrons. The van der Waals surface area contributed by atoms with Crippen molar-refractivity contribution < 1.29 is 22.4 Å². The number of carbonyl (C=O) groups is 1. The van der Waals surface area contributed by atoms with E-state index < -0.39 is 17.6 Å². The fourth-order valence-corrected chi connectivity index (χ4v) is 2.26. The second kappa shape index (κ2) is 7.30. The number of rotatable bonds is 5. The summed E-state index contributed by atoms with van der Waals surface area (Å²) in [6.45, 7) is 0.444. The first-order valence-electron chi connectivity index (χ1n) is 7.63. The number of nitrogens with one attached hydrogen (secondary N) is 2. The topological polar surface area (TPSA) is 67.2 Å². The highest BCUT2D eigenvalue weighted by molar-refractivity contribution is 6.03. The van der Waals surface area contributed by atoms with E-state index in [0.29, 0.717) is 12.2 Å². The molecule has 0 unspecified atom stereocenters. The van der Waals surface area contributed by atoms with E-state index in [9.17, 15) is 18.0 Å². The Bertz CT molecular complexity index is 875. The number of hydrogen-bond acceptors (Lipinski definition) is 4. The Labute approximate surface area is 146 Å². The van der Waals surface area contributed by atoms with Crippen LogP contribution < -0.4 is 10.6 Å². The van der Waals surface area contributed by atoms with Gasteiger partial charge in [-0.15, -0.1) is 0 Å². The first-order chi connectivity index (χ1) is 12.4. The summed E-state index contributed by atoms with van der Waals surface area (Å²) in [7, 11) is 0. The summed E-state index contributed by atoms with van der Waals surface area (Å²) in [5, 5.41) is 5.31. The zero-order valence-electron chi connectivity index (χ0n) is 13.4. The lowest BCUT2D eigenvalue weighted by Gasteiger charge is -2.13. The number of alkyl halides is 3. The highest BCUT2D eigenvalue weighted by Gasteiger charge is 2.33. The summed E-state index contributed by atoms with van der Waals surface area (Å²) in [6.07, 6.45) is -1.58. The van der Waals surface area contributed by atoms with Crippen LogP contribution in [0.25, 0.3) is 0 Å². The van der Waals surface area contributed by atoms with Crippen molar-refractivity contribution in [1.29, 1.82) is 0 Å². The third-order valence-corrected chi connectivity index (χ3v) is 3.52. The van der Waals surface area contributed by atoms with Gasteiger partial charge in [0.2, 0.25) is 0 Å². The fourth-order valence-electron chi connectivity index (χ4n) is 2.26. The van der Waals surface area contributed by atoms with Gasteiger partial charge in [-0.05, 0) is 36.4 Å². The fraction of sp³-hybridized carbons (Fsp3) is 0.111. The Morgan fingerprint density at radius 2 is 1.88 bits per heavy atom. The van der Waals surface area contributed by atoms with Crippen molar-refractivity contribution >= 4 is 17.3 Å². The van der Waals surface area contributed by atoms with Crippen LogP contribution in [0, 0.1) is 0 Å². The Balaban J connectivity index is 1.67. The molecule has 5 nitrogen and oxygen atoms in total. The molecule has 2 N–H and O–H groups in total. The first kappa shape index (κ1) is 17.5. The van der Waals surface area contributed by atoms with Crippen molar-refractivity contribution in [2.24, 2.45) is 0 Å². The summed E-state index contributed by atoms with van der Waals surface area (Å²) < 4.78 is 44.1. The van der Waals surface area contributed by atoms with Gasteiger partial charge < -0.3 is 15.1 Å². The van der Waals surface area contributed by atoms with Crippen LogP contribution in [0.1, 0.15) is 21.8 Å². The van der Waals surface area contributed by atoms with Gasteiger partial charge in [0, 0.05) is 0 Å². The van der Waals surface area contributed by atoms with Crippen molar-refractivity contribution in [3.63, 3.8) is 0 Å². The lowest BCUT2D eigenvalue weighted by Crippen LogP contribution is -2.17. The zero-order valence-corrected chi connectivity index (χ0v) is 13.4. The maximum absolute atomic E-state index is 13.0. The van der Waals surface area contributed by atoms with E-state index in [0.717, 1.165) is 11.8 Å². The first-order valence-corrected chi connectivity index (χ1v) is 7.63. The number of amides is 1. The number of furan rings is 1. The molecular formula is C18H14F3N3O2. The summed E-state index contributed by atoms with van der Waals surface area (Å²) in [5.41, 5.74) is -0.573. The van der Waals surface area contributed by atoms with Crippen LogP contribution >= 0.6 is 0 Å². The second-order valence-electron chi connectivity index (χ2n) is 5.36. The van der Waals surface area contributed by atoms with Crippen molar-refractivity contribution in [3.05, 3.63) is 78.0 Å². The predicted octanol–water partition coefficient (Wildman–Crippen LogP) is 4.56.